The molecule has 1 aromatic rings. The molecule has 3 nitrogen and oxygen atoms in total. The van der Waals surface area contributed by atoms with Gasteiger partial charge in [-0.1, -0.05) is 41.9 Å². The fourth-order valence-corrected chi connectivity index (χ4v) is 2.76. The average molecular weight is 327 g/mol. The maximum Gasteiger partial charge on any atom is 0.230 e. The van der Waals surface area contributed by atoms with Crippen LogP contribution in [0.2, 0.25) is 0 Å². The number of benzene rings is 1. The zero-order valence-electron chi connectivity index (χ0n) is 11.9. The Balaban J connectivity index is 2.82. The first-order valence-electron chi connectivity index (χ1n) is 6.69. The molecule has 0 aliphatic carbocycles. The number of amides is 1. The van der Waals surface area contributed by atoms with Crippen molar-refractivity contribution in [3.8, 4) is 0 Å². The van der Waals surface area contributed by atoms with Crippen molar-refractivity contribution in [1.82, 2.24) is 4.90 Å². The molecule has 1 amide bonds. The van der Waals surface area contributed by atoms with Crippen LogP contribution in [0.25, 0.3) is 0 Å². The quantitative estimate of drug-likeness (QED) is 0.872. The third kappa shape index (κ3) is 3.80. The Hall–Kier alpha value is -0.870. The summed E-state index contributed by atoms with van der Waals surface area (Å²) in [5.74, 6) is 0.139. The minimum absolute atomic E-state index is 0.139. The minimum Gasteiger partial charge on any atom is -0.341 e. The summed E-state index contributed by atoms with van der Waals surface area (Å²) in [5.41, 5.74) is 6.53. The second-order valence-corrected chi connectivity index (χ2v) is 5.90. The molecule has 0 fully saturated rings. The molecule has 0 aliphatic rings. The predicted octanol–water partition coefficient (Wildman–Crippen LogP) is 3.17. The van der Waals surface area contributed by atoms with Gasteiger partial charge in [-0.05, 0) is 30.5 Å². The van der Waals surface area contributed by atoms with Crippen LogP contribution in [0.1, 0.15) is 32.3 Å². The van der Waals surface area contributed by atoms with Gasteiger partial charge in [-0.3, -0.25) is 4.79 Å². The SMILES string of the molecule is CCC(CC)(CN)C(=O)N(C)Cc1cccc(Br)c1. The minimum atomic E-state index is -0.416. The highest BCUT2D eigenvalue weighted by atomic mass is 79.9. The Labute approximate surface area is 124 Å². The van der Waals surface area contributed by atoms with Gasteiger partial charge in [0.05, 0.1) is 5.41 Å². The normalized spacial score (nSPS) is 11.4. The summed E-state index contributed by atoms with van der Waals surface area (Å²) in [5, 5.41) is 0. The first-order valence-corrected chi connectivity index (χ1v) is 7.48. The van der Waals surface area contributed by atoms with Crippen molar-refractivity contribution in [2.24, 2.45) is 11.1 Å². The summed E-state index contributed by atoms with van der Waals surface area (Å²) in [4.78, 5) is 14.4. The molecular weight excluding hydrogens is 304 g/mol. The van der Waals surface area contributed by atoms with E-state index in [0.29, 0.717) is 13.1 Å². The van der Waals surface area contributed by atoms with Crippen LogP contribution < -0.4 is 5.73 Å². The van der Waals surface area contributed by atoms with Crippen molar-refractivity contribution in [3.05, 3.63) is 34.3 Å². The van der Waals surface area contributed by atoms with E-state index >= 15 is 0 Å². The third-order valence-electron chi connectivity index (χ3n) is 3.85. The molecule has 0 heterocycles. The lowest BCUT2D eigenvalue weighted by Gasteiger charge is -2.33. The Morgan fingerprint density at radius 2 is 2.00 bits per heavy atom. The van der Waals surface area contributed by atoms with Gasteiger partial charge in [0, 0.05) is 24.6 Å². The van der Waals surface area contributed by atoms with Crippen molar-refractivity contribution in [2.45, 2.75) is 33.2 Å². The highest BCUT2D eigenvalue weighted by Gasteiger charge is 2.35. The number of carbonyl (C=O) groups excluding carboxylic acids is 1. The van der Waals surface area contributed by atoms with E-state index in [1.807, 2.05) is 45.2 Å². The summed E-state index contributed by atoms with van der Waals surface area (Å²) in [7, 11) is 1.85. The maximum atomic E-state index is 12.6. The smallest absolute Gasteiger partial charge is 0.230 e. The molecule has 0 unspecified atom stereocenters. The summed E-state index contributed by atoms with van der Waals surface area (Å²) < 4.78 is 1.03. The lowest BCUT2D eigenvalue weighted by Crippen LogP contribution is -2.45. The Kier molecular flexibility index (Phi) is 6.01. The second-order valence-electron chi connectivity index (χ2n) is 4.98. The van der Waals surface area contributed by atoms with Gasteiger partial charge in [0.25, 0.3) is 0 Å². The Morgan fingerprint density at radius 1 is 1.37 bits per heavy atom. The van der Waals surface area contributed by atoms with E-state index in [2.05, 4.69) is 15.9 Å². The monoisotopic (exact) mass is 326 g/mol. The molecule has 0 atom stereocenters. The molecular formula is C15H23BrN2O. The summed E-state index contributed by atoms with van der Waals surface area (Å²) in [6.07, 6.45) is 1.56. The van der Waals surface area contributed by atoms with Crippen LogP contribution in [-0.2, 0) is 11.3 Å². The molecule has 1 rings (SSSR count). The zero-order chi connectivity index (χ0) is 14.5. The highest BCUT2D eigenvalue weighted by molar-refractivity contribution is 9.10. The lowest BCUT2D eigenvalue weighted by atomic mass is 9.81. The van der Waals surface area contributed by atoms with E-state index < -0.39 is 5.41 Å². The molecule has 0 aliphatic heterocycles. The van der Waals surface area contributed by atoms with Crippen molar-refractivity contribution >= 4 is 21.8 Å². The van der Waals surface area contributed by atoms with Gasteiger partial charge in [-0.25, -0.2) is 0 Å². The third-order valence-corrected chi connectivity index (χ3v) is 4.35. The molecule has 0 radical (unpaired) electrons. The standard InChI is InChI=1S/C15H23BrN2O/c1-4-15(5-2,11-17)14(19)18(3)10-12-7-6-8-13(16)9-12/h6-9H,4-5,10-11,17H2,1-3H3. The Morgan fingerprint density at radius 3 is 2.47 bits per heavy atom. The first-order chi connectivity index (χ1) is 8.99. The van der Waals surface area contributed by atoms with Crippen LogP contribution in [0, 0.1) is 5.41 Å². The molecule has 4 heteroatoms. The van der Waals surface area contributed by atoms with E-state index in [4.69, 9.17) is 5.73 Å². The number of nitrogens with zero attached hydrogens (tertiary/aromatic N) is 1. The van der Waals surface area contributed by atoms with E-state index in [0.717, 1.165) is 22.9 Å². The molecule has 106 valence electrons. The molecule has 19 heavy (non-hydrogen) atoms. The molecule has 2 N–H and O–H groups in total. The van der Waals surface area contributed by atoms with Crippen molar-refractivity contribution in [2.75, 3.05) is 13.6 Å². The molecule has 0 bridgehead atoms. The van der Waals surface area contributed by atoms with Crippen molar-refractivity contribution < 1.29 is 4.79 Å². The number of hydrogen-bond donors (Lipinski definition) is 1. The molecule has 0 saturated heterocycles. The Bertz CT molecular complexity index is 422. The number of rotatable bonds is 6. The van der Waals surface area contributed by atoms with Gasteiger partial charge < -0.3 is 10.6 Å². The van der Waals surface area contributed by atoms with Gasteiger partial charge >= 0.3 is 0 Å². The summed E-state index contributed by atoms with van der Waals surface area (Å²) in [6.45, 7) is 5.07. The van der Waals surface area contributed by atoms with Crippen LogP contribution in [-0.4, -0.2) is 24.4 Å². The number of halogens is 1. The van der Waals surface area contributed by atoms with Crippen LogP contribution >= 0.6 is 15.9 Å². The largest absolute Gasteiger partial charge is 0.341 e. The number of nitrogens with two attached hydrogens (primary N) is 1. The van der Waals surface area contributed by atoms with Gasteiger partial charge in [0.2, 0.25) is 5.91 Å². The van der Waals surface area contributed by atoms with Crippen LogP contribution in [0.4, 0.5) is 0 Å². The van der Waals surface area contributed by atoms with Crippen LogP contribution in [0.5, 0.6) is 0 Å². The van der Waals surface area contributed by atoms with Gasteiger partial charge in [-0.2, -0.15) is 0 Å². The van der Waals surface area contributed by atoms with Gasteiger partial charge in [0.1, 0.15) is 0 Å². The fourth-order valence-electron chi connectivity index (χ4n) is 2.31. The van der Waals surface area contributed by atoms with Crippen molar-refractivity contribution in [3.63, 3.8) is 0 Å². The first kappa shape index (κ1) is 16.2. The van der Waals surface area contributed by atoms with Crippen molar-refractivity contribution in [1.29, 1.82) is 0 Å². The van der Waals surface area contributed by atoms with Crippen LogP contribution in [0.3, 0.4) is 0 Å². The predicted molar refractivity (Wildman–Crippen MR) is 82.7 cm³/mol. The molecule has 0 aromatic heterocycles. The van der Waals surface area contributed by atoms with E-state index in [9.17, 15) is 4.79 Å². The second kappa shape index (κ2) is 7.06. The fraction of sp³-hybridized carbons (Fsp3) is 0.533. The number of carbonyl (C=O) groups is 1. The molecule has 0 spiro atoms. The molecule has 0 saturated carbocycles. The lowest BCUT2D eigenvalue weighted by molar-refractivity contribution is -0.141. The van der Waals surface area contributed by atoms with Gasteiger partial charge in [-0.15, -0.1) is 0 Å². The zero-order valence-corrected chi connectivity index (χ0v) is 13.5. The van der Waals surface area contributed by atoms with E-state index in [-0.39, 0.29) is 5.91 Å². The summed E-state index contributed by atoms with van der Waals surface area (Å²) in [6, 6.07) is 8.02. The number of hydrogen-bond acceptors (Lipinski definition) is 2. The highest BCUT2D eigenvalue weighted by Crippen LogP contribution is 2.28. The maximum absolute atomic E-state index is 12.6. The topological polar surface area (TPSA) is 46.3 Å². The van der Waals surface area contributed by atoms with E-state index in [1.54, 1.807) is 4.90 Å². The molecule has 1 aromatic carbocycles. The average Bonchev–Trinajstić information content (AvgIpc) is 2.41. The van der Waals surface area contributed by atoms with Gasteiger partial charge in [0.15, 0.2) is 0 Å². The van der Waals surface area contributed by atoms with Crippen LogP contribution in [0.15, 0.2) is 28.7 Å². The van der Waals surface area contributed by atoms with E-state index in [1.165, 1.54) is 0 Å². The summed E-state index contributed by atoms with van der Waals surface area (Å²) >= 11 is 3.45.